The Morgan fingerprint density at radius 3 is 2.73 bits per heavy atom. The molecule has 0 saturated carbocycles. The van der Waals surface area contributed by atoms with Crippen molar-refractivity contribution in [2.75, 3.05) is 5.75 Å². The van der Waals surface area contributed by atoms with E-state index in [2.05, 4.69) is 0 Å². The van der Waals surface area contributed by atoms with Gasteiger partial charge in [0.05, 0.1) is 17.6 Å². The van der Waals surface area contributed by atoms with Crippen molar-refractivity contribution in [1.82, 2.24) is 4.57 Å². The van der Waals surface area contributed by atoms with Gasteiger partial charge in [0.25, 0.3) is 0 Å². The van der Waals surface area contributed by atoms with Crippen molar-refractivity contribution >= 4 is 17.5 Å². The van der Waals surface area contributed by atoms with Gasteiger partial charge in [-0.2, -0.15) is 0 Å². The molecule has 2 unspecified atom stereocenters. The van der Waals surface area contributed by atoms with Gasteiger partial charge in [0, 0.05) is 18.5 Å². The quantitative estimate of drug-likeness (QED) is 0.779. The number of hydrogen-bond donors (Lipinski definition) is 1. The Morgan fingerprint density at radius 1 is 1.60 bits per heavy atom. The van der Waals surface area contributed by atoms with Crippen LogP contribution in [0.4, 0.5) is 0 Å². The lowest BCUT2D eigenvalue weighted by Gasteiger charge is -2.13. The van der Waals surface area contributed by atoms with Crippen molar-refractivity contribution < 1.29 is 9.90 Å². The number of carbonyl (C=O) groups excluding carboxylic acids is 1. The van der Waals surface area contributed by atoms with Crippen LogP contribution >= 0.6 is 11.8 Å². The van der Waals surface area contributed by atoms with Crippen LogP contribution in [0.3, 0.4) is 0 Å². The number of aryl methyl sites for hydroxylation is 1. The lowest BCUT2D eigenvalue weighted by molar-refractivity contribution is 0.101. The first-order valence-corrected chi connectivity index (χ1v) is 6.01. The molecule has 0 spiro atoms. The highest BCUT2D eigenvalue weighted by molar-refractivity contribution is 8.00. The van der Waals surface area contributed by atoms with Crippen LogP contribution in [0.5, 0.6) is 0 Å². The SMILES string of the molecule is CC(O)C(C)SCC(=O)c1cccn1C. The van der Waals surface area contributed by atoms with E-state index >= 15 is 0 Å². The Labute approximate surface area is 94.5 Å². The van der Waals surface area contributed by atoms with E-state index < -0.39 is 0 Å². The van der Waals surface area contributed by atoms with E-state index in [9.17, 15) is 9.90 Å². The van der Waals surface area contributed by atoms with Crippen molar-refractivity contribution in [2.24, 2.45) is 7.05 Å². The molecule has 0 aromatic carbocycles. The van der Waals surface area contributed by atoms with Gasteiger partial charge in [0.15, 0.2) is 5.78 Å². The van der Waals surface area contributed by atoms with Crippen LogP contribution < -0.4 is 0 Å². The molecule has 3 nitrogen and oxygen atoms in total. The lowest BCUT2D eigenvalue weighted by atomic mass is 10.3. The smallest absolute Gasteiger partial charge is 0.189 e. The number of aromatic nitrogens is 1. The normalized spacial score (nSPS) is 14.9. The molecular weight excluding hydrogens is 210 g/mol. The number of hydrogen-bond acceptors (Lipinski definition) is 3. The molecule has 4 heteroatoms. The zero-order valence-corrected chi connectivity index (χ0v) is 10.1. The minimum Gasteiger partial charge on any atom is -0.392 e. The topological polar surface area (TPSA) is 42.2 Å². The van der Waals surface area contributed by atoms with E-state index in [1.807, 2.05) is 36.9 Å². The first-order chi connectivity index (χ1) is 7.02. The number of aliphatic hydroxyl groups excluding tert-OH is 1. The summed E-state index contributed by atoms with van der Waals surface area (Å²) in [5, 5.41) is 9.37. The Bertz CT molecular complexity index is 333. The number of rotatable bonds is 5. The molecule has 0 fully saturated rings. The summed E-state index contributed by atoms with van der Waals surface area (Å²) < 4.78 is 1.82. The Kier molecular flexibility index (Phi) is 4.42. The zero-order valence-electron chi connectivity index (χ0n) is 9.30. The lowest BCUT2D eigenvalue weighted by Crippen LogP contribution is -2.18. The van der Waals surface area contributed by atoms with Gasteiger partial charge in [-0.05, 0) is 19.1 Å². The van der Waals surface area contributed by atoms with Crippen LogP contribution in [-0.2, 0) is 7.05 Å². The maximum atomic E-state index is 11.7. The average molecular weight is 227 g/mol. The Hall–Kier alpha value is -0.740. The minimum absolute atomic E-state index is 0.0919. The molecule has 0 amide bonds. The molecule has 0 aliphatic heterocycles. The summed E-state index contributed by atoms with van der Waals surface area (Å²) >= 11 is 1.49. The molecule has 1 N–H and O–H groups in total. The highest BCUT2D eigenvalue weighted by atomic mass is 32.2. The monoisotopic (exact) mass is 227 g/mol. The third-order valence-corrected chi connectivity index (χ3v) is 3.73. The second kappa shape index (κ2) is 5.37. The third kappa shape index (κ3) is 3.39. The van der Waals surface area contributed by atoms with Crippen molar-refractivity contribution in [3.8, 4) is 0 Å². The van der Waals surface area contributed by atoms with Gasteiger partial charge in [-0.15, -0.1) is 11.8 Å². The molecule has 0 bridgehead atoms. The molecule has 84 valence electrons. The van der Waals surface area contributed by atoms with Crippen LogP contribution in [0.15, 0.2) is 18.3 Å². The van der Waals surface area contributed by atoms with Crippen molar-refractivity contribution in [2.45, 2.75) is 25.2 Å². The van der Waals surface area contributed by atoms with Crippen LogP contribution in [0.25, 0.3) is 0 Å². The molecule has 0 aliphatic carbocycles. The second-order valence-corrected chi connectivity index (χ2v) is 5.05. The van der Waals surface area contributed by atoms with Crippen molar-refractivity contribution in [1.29, 1.82) is 0 Å². The van der Waals surface area contributed by atoms with Crippen LogP contribution in [0.2, 0.25) is 0 Å². The molecule has 0 saturated heterocycles. The van der Waals surface area contributed by atoms with E-state index in [1.54, 1.807) is 6.92 Å². The molecule has 1 rings (SSSR count). The largest absolute Gasteiger partial charge is 0.392 e. The fraction of sp³-hybridized carbons (Fsp3) is 0.545. The first kappa shape index (κ1) is 12.3. The number of nitrogens with zero attached hydrogens (tertiary/aromatic N) is 1. The van der Waals surface area contributed by atoms with Crippen LogP contribution in [0, 0.1) is 0 Å². The van der Waals surface area contributed by atoms with Gasteiger partial charge in [0.1, 0.15) is 0 Å². The maximum absolute atomic E-state index is 11.7. The average Bonchev–Trinajstić information content (AvgIpc) is 2.60. The fourth-order valence-electron chi connectivity index (χ4n) is 1.17. The van der Waals surface area contributed by atoms with Gasteiger partial charge in [0.2, 0.25) is 0 Å². The molecule has 1 heterocycles. The Morgan fingerprint density at radius 2 is 2.27 bits per heavy atom. The fourth-order valence-corrected chi connectivity index (χ4v) is 2.01. The number of carbonyl (C=O) groups is 1. The van der Waals surface area contributed by atoms with E-state index in [0.717, 1.165) is 5.69 Å². The predicted molar refractivity (Wildman–Crippen MR) is 63.3 cm³/mol. The summed E-state index contributed by atoms with van der Waals surface area (Å²) in [7, 11) is 1.86. The van der Waals surface area contributed by atoms with Crippen molar-refractivity contribution in [3.05, 3.63) is 24.0 Å². The number of thioether (sulfide) groups is 1. The number of Topliss-reactive ketones (excluding diaryl/α,β-unsaturated/α-hetero) is 1. The van der Waals surface area contributed by atoms with Crippen LogP contribution in [0.1, 0.15) is 24.3 Å². The van der Waals surface area contributed by atoms with Gasteiger partial charge < -0.3 is 9.67 Å². The van der Waals surface area contributed by atoms with E-state index in [1.165, 1.54) is 11.8 Å². The number of aliphatic hydroxyl groups is 1. The summed E-state index contributed by atoms with van der Waals surface area (Å²) in [6, 6.07) is 3.67. The molecule has 2 atom stereocenters. The van der Waals surface area contributed by atoms with Gasteiger partial charge in [-0.25, -0.2) is 0 Å². The standard InChI is InChI=1S/C11H17NO2S/c1-8(13)9(2)15-7-11(14)10-5-4-6-12(10)3/h4-6,8-9,13H,7H2,1-3H3. The van der Waals surface area contributed by atoms with Gasteiger partial charge in [-0.3, -0.25) is 4.79 Å². The summed E-state index contributed by atoms with van der Waals surface area (Å²) in [4.78, 5) is 11.7. The maximum Gasteiger partial charge on any atom is 0.189 e. The summed E-state index contributed by atoms with van der Waals surface area (Å²) in [5.74, 6) is 0.532. The van der Waals surface area contributed by atoms with Gasteiger partial charge >= 0.3 is 0 Å². The minimum atomic E-state index is -0.379. The first-order valence-electron chi connectivity index (χ1n) is 4.96. The summed E-state index contributed by atoms with van der Waals surface area (Å²) in [6.45, 7) is 3.66. The summed E-state index contributed by atoms with van der Waals surface area (Å²) in [6.07, 6.45) is 1.48. The van der Waals surface area contributed by atoms with Crippen LogP contribution in [-0.4, -0.2) is 32.6 Å². The molecule has 1 aromatic heterocycles. The predicted octanol–water partition coefficient (Wildman–Crippen LogP) is 1.71. The van der Waals surface area contributed by atoms with Gasteiger partial charge in [-0.1, -0.05) is 6.92 Å². The molecule has 1 aromatic rings. The second-order valence-electron chi connectivity index (χ2n) is 3.68. The Balaban J connectivity index is 2.47. The molecule has 0 aliphatic rings. The zero-order chi connectivity index (χ0) is 11.4. The third-order valence-electron chi connectivity index (χ3n) is 2.39. The highest BCUT2D eigenvalue weighted by Crippen LogP contribution is 2.16. The number of ketones is 1. The summed E-state index contributed by atoms with van der Waals surface area (Å²) in [5.41, 5.74) is 0.722. The molecular formula is C11H17NO2S. The van der Waals surface area contributed by atoms with Crippen molar-refractivity contribution in [3.63, 3.8) is 0 Å². The molecule has 15 heavy (non-hydrogen) atoms. The van der Waals surface area contributed by atoms with E-state index in [-0.39, 0.29) is 17.1 Å². The van der Waals surface area contributed by atoms with E-state index in [4.69, 9.17) is 0 Å². The molecule has 0 radical (unpaired) electrons. The van der Waals surface area contributed by atoms with E-state index in [0.29, 0.717) is 5.75 Å². The highest BCUT2D eigenvalue weighted by Gasteiger charge is 2.14.